The molecule has 5 aliphatic rings. The Hall–Kier alpha value is -3.47. The van der Waals surface area contributed by atoms with Crippen molar-refractivity contribution in [1.82, 2.24) is 20.9 Å². The van der Waals surface area contributed by atoms with Crippen LogP contribution in [0.3, 0.4) is 0 Å². The van der Waals surface area contributed by atoms with Crippen LogP contribution in [-0.2, 0) is 28.8 Å². The molecule has 0 bridgehead atoms. The molecule has 0 radical (unpaired) electrons. The summed E-state index contributed by atoms with van der Waals surface area (Å²) >= 11 is 6.26. The van der Waals surface area contributed by atoms with Crippen LogP contribution in [-0.4, -0.2) is 76.3 Å². The molecule has 1 spiro atoms. The number of ketones is 1. The van der Waals surface area contributed by atoms with Gasteiger partial charge in [0, 0.05) is 35.4 Å². The van der Waals surface area contributed by atoms with E-state index < -0.39 is 46.7 Å². The lowest BCUT2D eigenvalue weighted by Gasteiger charge is -2.36. The van der Waals surface area contributed by atoms with Gasteiger partial charge in [-0.3, -0.25) is 24.0 Å². The highest BCUT2D eigenvalue weighted by atomic mass is 35.5. The Morgan fingerprint density at radius 2 is 1.78 bits per heavy atom. The third-order valence-corrected chi connectivity index (χ3v) is 11.4. The van der Waals surface area contributed by atoms with Gasteiger partial charge in [-0.25, -0.2) is 0 Å². The summed E-state index contributed by atoms with van der Waals surface area (Å²) in [5.74, 6) is -1.62. The fraction of sp³-hybridized carbons (Fsp3) is 0.684. The van der Waals surface area contributed by atoms with Crippen molar-refractivity contribution in [3.8, 4) is 0 Å². The Labute approximate surface area is 300 Å². The number of hydrogen-bond donors (Lipinski definition) is 3. The summed E-state index contributed by atoms with van der Waals surface area (Å²) in [7, 11) is 0. The Balaban J connectivity index is 1.22. The first kappa shape index (κ1) is 36.3. The molecule has 1 aromatic carbocycles. The second-order valence-electron chi connectivity index (χ2n) is 16.4. The van der Waals surface area contributed by atoms with E-state index in [0.717, 1.165) is 37.7 Å². The highest BCUT2D eigenvalue weighted by Crippen LogP contribution is 2.49. The molecule has 1 aromatic rings. The van der Waals surface area contributed by atoms with Crippen LogP contribution in [0.4, 0.5) is 0 Å². The number of halogens is 1. The number of rotatable bonds is 12. The zero-order chi connectivity index (χ0) is 35.8. The number of likely N-dealkylation sites (tertiary alicyclic amines) is 1. The predicted molar refractivity (Wildman–Crippen MR) is 189 cm³/mol. The number of carbonyl (C=O) groups excluding carboxylic acids is 5. The summed E-state index contributed by atoms with van der Waals surface area (Å²) in [6, 6.07) is 4.31. The molecule has 6 atom stereocenters. The van der Waals surface area contributed by atoms with Crippen molar-refractivity contribution in [2.75, 3.05) is 6.54 Å². The van der Waals surface area contributed by atoms with Gasteiger partial charge in [-0.2, -0.15) is 0 Å². The summed E-state index contributed by atoms with van der Waals surface area (Å²) < 4.78 is 0. The fourth-order valence-electron chi connectivity index (χ4n) is 8.08. The van der Waals surface area contributed by atoms with E-state index in [1.807, 2.05) is 39.8 Å². The number of carbonyl (C=O) groups is 5. The van der Waals surface area contributed by atoms with E-state index in [-0.39, 0.29) is 43.2 Å². The van der Waals surface area contributed by atoms with Crippen molar-refractivity contribution < 1.29 is 28.8 Å². The molecular weight excluding hydrogens is 658 g/mol. The minimum atomic E-state index is -1.03. The summed E-state index contributed by atoms with van der Waals surface area (Å²) in [6.45, 7) is 7.65. The average Bonchev–Trinajstić information content (AvgIpc) is 4.00. The summed E-state index contributed by atoms with van der Waals surface area (Å²) in [5.41, 5.74) is -0.232. The van der Waals surface area contributed by atoms with E-state index in [9.17, 15) is 24.0 Å². The van der Waals surface area contributed by atoms with Crippen molar-refractivity contribution in [2.24, 2.45) is 28.3 Å². The minimum absolute atomic E-state index is 0.00133. The first-order chi connectivity index (χ1) is 23.8. The van der Waals surface area contributed by atoms with Crippen molar-refractivity contribution in [3.05, 3.63) is 34.9 Å². The lowest BCUT2D eigenvalue weighted by atomic mass is 9.84. The number of oxime groups is 1. The number of nitrogens with one attached hydrogen (secondary N) is 3. The second kappa shape index (κ2) is 14.6. The van der Waals surface area contributed by atoms with Crippen LogP contribution in [0.5, 0.6) is 0 Å². The molecule has 1 saturated heterocycles. The minimum Gasteiger partial charge on any atom is -0.387 e. The monoisotopic (exact) mass is 709 g/mol. The summed E-state index contributed by atoms with van der Waals surface area (Å²) in [4.78, 5) is 76.0. The van der Waals surface area contributed by atoms with E-state index in [0.29, 0.717) is 35.4 Å². The molecule has 2 aliphatic heterocycles. The molecule has 272 valence electrons. The standard InChI is InChI=1S/C38H52ClN5O6/c1-5-10-28(31(45)35(48)40-25-15-16-25)41-34(47)30-20-38(19-29(43-50-38)23-13-9-14-24(39)17-23)21-44(30)36(49)32(37(2,3)4)42-33(46)27-18-26(27)22-11-7-6-8-12-22/h9,13-14,17,22,25-28,30,32H,5-8,10-12,15-16,18-21H2,1-4H3,(H,40,48)(H,41,47)(H,42,46)/t26-,27+,28-,30-,32+,38+/m0/s1. The number of amides is 4. The van der Waals surface area contributed by atoms with Crippen LogP contribution in [0.2, 0.25) is 5.02 Å². The van der Waals surface area contributed by atoms with E-state index in [4.69, 9.17) is 16.4 Å². The lowest BCUT2D eigenvalue weighted by Crippen LogP contribution is -2.59. The van der Waals surface area contributed by atoms with Gasteiger partial charge in [0.25, 0.3) is 5.91 Å². The maximum Gasteiger partial charge on any atom is 0.289 e. The van der Waals surface area contributed by atoms with E-state index in [1.54, 1.807) is 12.1 Å². The second-order valence-corrected chi connectivity index (χ2v) is 16.8. The predicted octanol–water partition coefficient (Wildman–Crippen LogP) is 4.68. The van der Waals surface area contributed by atoms with E-state index in [2.05, 4.69) is 21.1 Å². The molecule has 6 rings (SSSR count). The Morgan fingerprint density at radius 3 is 2.44 bits per heavy atom. The zero-order valence-electron chi connectivity index (χ0n) is 29.8. The molecule has 2 heterocycles. The number of nitrogens with zero attached hydrogens (tertiary/aromatic N) is 2. The van der Waals surface area contributed by atoms with Gasteiger partial charge >= 0.3 is 0 Å². The highest BCUT2D eigenvalue weighted by molar-refractivity contribution is 6.38. The van der Waals surface area contributed by atoms with Gasteiger partial charge in [-0.15, -0.1) is 0 Å². The van der Waals surface area contributed by atoms with Gasteiger partial charge in [-0.05, 0) is 55.1 Å². The van der Waals surface area contributed by atoms with Gasteiger partial charge in [0.15, 0.2) is 5.60 Å². The molecule has 3 saturated carbocycles. The summed E-state index contributed by atoms with van der Waals surface area (Å²) in [6.07, 6.45) is 9.78. The fourth-order valence-corrected chi connectivity index (χ4v) is 8.27. The Morgan fingerprint density at radius 1 is 1.04 bits per heavy atom. The van der Waals surface area contributed by atoms with Crippen LogP contribution in [0, 0.1) is 23.2 Å². The average molecular weight is 710 g/mol. The molecule has 11 nitrogen and oxygen atoms in total. The maximum absolute atomic E-state index is 14.7. The number of Topliss-reactive ketones (excluding diaryl/α,β-unsaturated/α-hetero) is 1. The van der Waals surface area contributed by atoms with Crippen LogP contribution in [0.15, 0.2) is 29.4 Å². The van der Waals surface area contributed by atoms with Gasteiger partial charge in [0.2, 0.25) is 23.5 Å². The van der Waals surface area contributed by atoms with E-state index >= 15 is 0 Å². The van der Waals surface area contributed by atoms with Crippen LogP contribution >= 0.6 is 11.6 Å². The summed E-state index contributed by atoms with van der Waals surface area (Å²) in [5, 5.41) is 13.6. The van der Waals surface area contributed by atoms with Gasteiger partial charge in [-0.1, -0.05) is 95.1 Å². The van der Waals surface area contributed by atoms with Gasteiger partial charge in [0.05, 0.1) is 18.3 Å². The third-order valence-electron chi connectivity index (χ3n) is 11.2. The Kier molecular flexibility index (Phi) is 10.6. The molecule has 4 amide bonds. The van der Waals surface area contributed by atoms with Gasteiger partial charge in [0.1, 0.15) is 12.1 Å². The van der Waals surface area contributed by atoms with Crippen LogP contribution < -0.4 is 16.0 Å². The molecule has 50 heavy (non-hydrogen) atoms. The molecule has 3 N–H and O–H groups in total. The number of benzene rings is 1. The van der Waals surface area contributed by atoms with E-state index in [1.165, 1.54) is 24.2 Å². The van der Waals surface area contributed by atoms with Crippen molar-refractivity contribution in [2.45, 2.75) is 135 Å². The van der Waals surface area contributed by atoms with Crippen molar-refractivity contribution >= 4 is 46.7 Å². The van der Waals surface area contributed by atoms with Crippen LogP contribution in [0.25, 0.3) is 0 Å². The maximum atomic E-state index is 14.7. The SMILES string of the molecule is CCC[C@H](NC(=O)[C@@H]1C[C@]2(CC(c3cccc(Cl)c3)=NO2)CN1C(=O)[C@@H](NC(=O)[C@@H]1C[C@H]1C1CCCCC1)C(C)(C)C)C(=O)C(=O)NC1CC1. The van der Waals surface area contributed by atoms with Crippen molar-refractivity contribution in [3.63, 3.8) is 0 Å². The highest BCUT2D eigenvalue weighted by Gasteiger charge is 2.56. The smallest absolute Gasteiger partial charge is 0.289 e. The Bertz CT molecular complexity index is 1530. The molecule has 4 fully saturated rings. The zero-order valence-corrected chi connectivity index (χ0v) is 30.5. The van der Waals surface area contributed by atoms with Crippen LogP contribution in [0.1, 0.15) is 110 Å². The topological polar surface area (TPSA) is 146 Å². The molecule has 12 heteroatoms. The molecular formula is C38H52ClN5O6. The normalized spacial score (nSPS) is 27.6. The van der Waals surface area contributed by atoms with Crippen molar-refractivity contribution in [1.29, 1.82) is 0 Å². The van der Waals surface area contributed by atoms with Gasteiger partial charge < -0.3 is 25.7 Å². The quantitative estimate of drug-likeness (QED) is 0.269. The molecule has 0 unspecified atom stereocenters. The third kappa shape index (κ3) is 8.19. The first-order valence-corrected chi connectivity index (χ1v) is 18.9. The first-order valence-electron chi connectivity index (χ1n) is 18.6. The lowest BCUT2D eigenvalue weighted by molar-refractivity contribution is -0.145. The number of hydrogen-bond acceptors (Lipinski definition) is 7. The molecule has 3 aliphatic carbocycles. The largest absolute Gasteiger partial charge is 0.387 e. The molecule has 0 aromatic heterocycles.